The van der Waals surface area contributed by atoms with Gasteiger partial charge in [-0.1, -0.05) is 99.1 Å². The third-order valence-corrected chi connectivity index (χ3v) is 8.41. The van der Waals surface area contributed by atoms with Crippen LogP contribution in [0.2, 0.25) is 0 Å². The highest BCUT2D eigenvalue weighted by Crippen LogP contribution is 2.23. The van der Waals surface area contributed by atoms with Crippen molar-refractivity contribution in [1.29, 1.82) is 0 Å². The van der Waals surface area contributed by atoms with E-state index in [2.05, 4.69) is 96.5 Å². The van der Waals surface area contributed by atoms with Crippen LogP contribution in [-0.4, -0.2) is 28.6 Å². The van der Waals surface area contributed by atoms with Gasteiger partial charge in [-0.05, 0) is 78.1 Å². The van der Waals surface area contributed by atoms with Crippen LogP contribution in [0.5, 0.6) is 5.75 Å². The minimum absolute atomic E-state index is 0.0768. The van der Waals surface area contributed by atoms with Gasteiger partial charge in [-0.25, -0.2) is 4.98 Å². The maximum Gasteiger partial charge on any atom is 0.224 e. The Hall–Kier alpha value is -4.38. The molecule has 0 saturated heterocycles. The van der Waals surface area contributed by atoms with E-state index in [4.69, 9.17) is 9.72 Å². The second kappa shape index (κ2) is 15.9. The van der Waals surface area contributed by atoms with Crippen molar-refractivity contribution in [3.05, 3.63) is 120 Å². The molecular weight excluding hydrogens is 542 g/mol. The largest absolute Gasteiger partial charge is 0.494 e. The monoisotopic (exact) mass is 587 g/mol. The molecule has 0 fully saturated rings. The van der Waals surface area contributed by atoms with Gasteiger partial charge in [-0.15, -0.1) is 0 Å². The molecule has 0 aliphatic carbocycles. The van der Waals surface area contributed by atoms with E-state index in [1.807, 2.05) is 30.3 Å². The third kappa shape index (κ3) is 8.59. The number of carbonyl (C=O) groups is 1. The third-order valence-electron chi connectivity index (χ3n) is 8.41. The highest BCUT2D eigenvalue weighted by molar-refractivity contribution is 5.79. The van der Waals surface area contributed by atoms with Gasteiger partial charge in [-0.3, -0.25) is 4.79 Å². The summed E-state index contributed by atoms with van der Waals surface area (Å²) in [6, 6.07) is 35.5. The van der Waals surface area contributed by atoms with Crippen LogP contribution in [-0.2, 0) is 24.2 Å². The van der Waals surface area contributed by atoms with Gasteiger partial charge in [0.2, 0.25) is 5.91 Å². The molecule has 5 aromatic rings. The summed E-state index contributed by atoms with van der Waals surface area (Å²) in [5.41, 5.74) is 6.98. The number of hydrogen-bond donors (Lipinski definition) is 1. The topological polar surface area (TPSA) is 56.1 Å². The van der Waals surface area contributed by atoms with Gasteiger partial charge in [-0.2, -0.15) is 0 Å². The number of ether oxygens (including phenoxy) is 1. The number of aromatic nitrogens is 2. The number of nitrogens with zero attached hydrogens (tertiary/aromatic N) is 2. The molecule has 0 bridgehead atoms. The van der Waals surface area contributed by atoms with E-state index in [0.717, 1.165) is 67.7 Å². The SMILES string of the molecule is CCC(C)c1ccc(OCCCn2c(CCCCCNC(=O)Cc3ccc(-c4ccccc4)cc3)nc3ccccc32)cc1. The Morgan fingerprint density at radius 2 is 1.55 bits per heavy atom. The molecule has 4 aromatic carbocycles. The Morgan fingerprint density at radius 1 is 0.818 bits per heavy atom. The number of para-hydroxylation sites is 2. The number of benzene rings is 4. The normalized spacial score (nSPS) is 11.9. The summed E-state index contributed by atoms with van der Waals surface area (Å²) in [6.45, 7) is 6.73. The molecule has 1 atom stereocenters. The Labute approximate surface area is 262 Å². The number of fused-ring (bicyclic) bond motifs is 1. The quantitative estimate of drug-likeness (QED) is 0.117. The summed E-state index contributed by atoms with van der Waals surface area (Å²) in [5.74, 6) is 2.71. The molecule has 0 aliphatic rings. The zero-order valence-corrected chi connectivity index (χ0v) is 26.2. The summed E-state index contributed by atoms with van der Waals surface area (Å²) in [4.78, 5) is 17.5. The molecule has 0 radical (unpaired) electrons. The van der Waals surface area contributed by atoms with Crippen LogP contribution in [0, 0.1) is 0 Å². The summed E-state index contributed by atoms with van der Waals surface area (Å²) < 4.78 is 8.42. The zero-order valence-electron chi connectivity index (χ0n) is 26.2. The van der Waals surface area contributed by atoms with Crippen molar-refractivity contribution in [2.24, 2.45) is 0 Å². The Balaban J connectivity index is 1.03. The first kappa shape index (κ1) is 31.1. The fourth-order valence-electron chi connectivity index (χ4n) is 5.61. The zero-order chi connectivity index (χ0) is 30.6. The second-order valence-electron chi connectivity index (χ2n) is 11.6. The molecule has 5 nitrogen and oxygen atoms in total. The average molecular weight is 588 g/mol. The van der Waals surface area contributed by atoms with Crippen LogP contribution in [0.15, 0.2) is 103 Å². The Kier molecular flexibility index (Phi) is 11.2. The lowest BCUT2D eigenvalue weighted by atomic mass is 9.99. The van der Waals surface area contributed by atoms with Crippen LogP contribution in [0.3, 0.4) is 0 Å². The molecule has 1 heterocycles. The fraction of sp³-hybridized carbons (Fsp3) is 0.333. The van der Waals surface area contributed by atoms with E-state index in [1.54, 1.807) is 0 Å². The molecule has 1 N–H and O–H groups in total. The van der Waals surface area contributed by atoms with Crippen LogP contribution in [0.25, 0.3) is 22.2 Å². The summed E-state index contributed by atoms with van der Waals surface area (Å²) in [7, 11) is 0. The lowest BCUT2D eigenvalue weighted by Gasteiger charge is -2.12. The van der Waals surface area contributed by atoms with Gasteiger partial charge >= 0.3 is 0 Å². The number of rotatable bonds is 16. The summed E-state index contributed by atoms with van der Waals surface area (Å²) in [5, 5.41) is 3.09. The molecule has 228 valence electrons. The van der Waals surface area contributed by atoms with Gasteiger partial charge in [0.1, 0.15) is 11.6 Å². The van der Waals surface area contributed by atoms with Crippen molar-refractivity contribution in [3.63, 3.8) is 0 Å². The molecule has 44 heavy (non-hydrogen) atoms. The van der Waals surface area contributed by atoms with E-state index in [9.17, 15) is 4.79 Å². The first-order chi connectivity index (χ1) is 21.6. The second-order valence-corrected chi connectivity index (χ2v) is 11.6. The number of amides is 1. The minimum atomic E-state index is 0.0768. The fourth-order valence-corrected chi connectivity index (χ4v) is 5.61. The predicted molar refractivity (Wildman–Crippen MR) is 181 cm³/mol. The Morgan fingerprint density at radius 3 is 2.32 bits per heavy atom. The molecule has 0 aliphatic heterocycles. The van der Waals surface area contributed by atoms with Crippen molar-refractivity contribution < 1.29 is 9.53 Å². The van der Waals surface area contributed by atoms with Crippen LogP contribution in [0.4, 0.5) is 0 Å². The van der Waals surface area contributed by atoms with Crippen LogP contribution < -0.4 is 10.1 Å². The maximum absolute atomic E-state index is 12.5. The van der Waals surface area contributed by atoms with Crippen LogP contribution in [0.1, 0.15) is 68.8 Å². The molecule has 1 amide bonds. The predicted octanol–water partition coefficient (Wildman–Crippen LogP) is 8.76. The highest BCUT2D eigenvalue weighted by Gasteiger charge is 2.11. The van der Waals surface area contributed by atoms with E-state index < -0.39 is 0 Å². The van der Waals surface area contributed by atoms with Gasteiger partial charge in [0.25, 0.3) is 0 Å². The Bertz CT molecular complexity index is 1590. The van der Waals surface area contributed by atoms with E-state index in [0.29, 0.717) is 25.5 Å². The minimum Gasteiger partial charge on any atom is -0.494 e. The van der Waals surface area contributed by atoms with Crippen LogP contribution >= 0.6 is 0 Å². The average Bonchev–Trinajstić information content (AvgIpc) is 3.42. The van der Waals surface area contributed by atoms with E-state index >= 15 is 0 Å². The van der Waals surface area contributed by atoms with Crippen molar-refractivity contribution in [2.45, 2.75) is 71.3 Å². The van der Waals surface area contributed by atoms with Crippen molar-refractivity contribution in [3.8, 4) is 16.9 Å². The molecule has 5 rings (SSSR count). The molecule has 5 heteroatoms. The molecule has 1 unspecified atom stereocenters. The van der Waals surface area contributed by atoms with Crippen molar-refractivity contribution >= 4 is 16.9 Å². The number of aryl methyl sites for hydroxylation is 2. The first-order valence-electron chi connectivity index (χ1n) is 16.2. The molecule has 1 aromatic heterocycles. The number of hydrogen-bond acceptors (Lipinski definition) is 3. The van der Waals surface area contributed by atoms with Gasteiger partial charge in [0.05, 0.1) is 24.1 Å². The molecular formula is C39H45N3O2. The number of nitrogens with one attached hydrogen (secondary N) is 1. The highest BCUT2D eigenvalue weighted by atomic mass is 16.5. The standard InChI is InChI=1S/C39H45N3O2/c1-3-30(2)32-22-24-35(25-23-32)44-28-12-27-42-37-16-10-9-15-36(37)41-38(42)17-8-5-11-26-40-39(43)29-31-18-20-34(21-19-31)33-13-6-4-7-14-33/h4,6-7,9-10,13-16,18-25,30H,3,5,8,11-12,17,26-29H2,1-2H3,(H,40,43). The van der Waals surface area contributed by atoms with Gasteiger partial charge < -0.3 is 14.6 Å². The number of imidazole rings is 1. The number of carbonyl (C=O) groups excluding carboxylic acids is 1. The van der Waals surface area contributed by atoms with Crippen molar-refractivity contribution in [1.82, 2.24) is 14.9 Å². The van der Waals surface area contributed by atoms with E-state index in [1.165, 1.54) is 22.2 Å². The summed E-state index contributed by atoms with van der Waals surface area (Å²) in [6.07, 6.45) is 6.44. The lowest BCUT2D eigenvalue weighted by molar-refractivity contribution is -0.120. The van der Waals surface area contributed by atoms with Gasteiger partial charge in [0, 0.05) is 19.5 Å². The maximum atomic E-state index is 12.5. The molecule has 0 saturated carbocycles. The smallest absolute Gasteiger partial charge is 0.224 e. The van der Waals surface area contributed by atoms with Crippen molar-refractivity contribution in [2.75, 3.05) is 13.2 Å². The summed E-state index contributed by atoms with van der Waals surface area (Å²) >= 11 is 0. The first-order valence-corrected chi connectivity index (χ1v) is 16.2. The van der Waals surface area contributed by atoms with E-state index in [-0.39, 0.29) is 5.91 Å². The lowest BCUT2D eigenvalue weighted by Crippen LogP contribution is -2.26. The van der Waals surface area contributed by atoms with Gasteiger partial charge in [0.15, 0.2) is 0 Å². The molecule has 0 spiro atoms. The number of unbranched alkanes of at least 4 members (excludes halogenated alkanes) is 2.